The number of benzene rings is 2. The molecule has 5 nitrogen and oxygen atoms in total. The van der Waals surface area contributed by atoms with Crippen molar-refractivity contribution in [2.45, 2.75) is 13.1 Å². The lowest BCUT2D eigenvalue weighted by Crippen LogP contribution is -2.03. The molecular weight excluding hydrogens is 439 g/mol. The second-order valence-corrected chi connectivity index (χ2v) is 6.64. The van der Waals surface area contributed by atoms with E-state index in [-0.39, 0.29) is 5.75 Å². The van der Waals surface area contributed by atoms with Crippen LogP contribution in [0.25, 0.3) is 10.9 Å². The van der Waals surface area contributed by atoms with Crippen molar-refractivity contribution in [3.8, 4) is 5.75 Å². The molecule has 9 heteroatoms. The number of aldehydes is 1. The second kappa shape index (κ2) is 8.92. The zero-order valence-electron chi connectivity index (χ0n) is 14.9. The topological polar surface area (TPSA) is 77.5 Å². The third-order valence-corrected chi connectivity index (χ3v) is 4.23. The highest BCUT2D eigenvalue weighted by atomic mass is 79.9. The number of aromatic hydroxyl groups is 1. The maximum absolute atomic E-state index is 12.6. The van der Waals surface area contributed by atoms with E-state index in [1.807, 2.05) is 0 Å². The molecule has 3 rings (SSSR count). The van der Waals surface area contributed by atoms with Gasteiger partial charge in [0.2, 0.25) is 0 Å². The molecule has 0 radical (unpaired) electrons. The van der Waals surface area contributed by atoms with Crippen LogP contribution in [0.3, 0.4) is 0 Å². The van der Waals surface area contributed by atoms with Crippen LogP contribution in [0.15, 0.2) is 52.0 Å². The van der Waals surface area contributed by atoms with E-state index >= 15 is 0 Å². The minimum Gasteiger partial charge on any atom is -0.507 e. The number of hydrogen-bond donors (Lipinski definition) is 3. The van der Waals surface area contributed by atoms with Gasteiger partial charge in [0.25, 0.3) is 0 Å². The zero-order chi connectivity index (χ0) is 20.9. The van der Waals surface area contributed by atoms with E-state index in [0.717, 1.165) is 16.6 Å². The quantitative estimate of drug-likeness (QED) is 0.292. The smallest absolute Gasteiger partial charge is 0.416 e. The summed E-state index contributed by atoms with van der Waals surface area (Å²) in [4.78, 5) is 13.2. The molecule has 0 bridgehead atoms. The summed E-state index contributed by atoms with van der Waals surface area (Å²) in [5.41, 5.74) is 4.32. The van der Waals surface area contributed by atoms with Crippen molar-refractivity contribution in [3.63, 3.8) is 0 Å². The number of rotatable bonds is 3. The molecule has 0 aliphatic carbocycles. The van der Waals surface area contributed by atoms with Gasteiger partial charge in [-0.1, -0.05) is 15.9 Å². The first kappa shape index (κ1) is 21.5. The lowest BCUT2D eigenvalue weighted by molar-refractivity contribution is -0.137. The lowest BCUT2D eigenvalue weighted by Gasteiger charge is -2.05. The molecule has 1 aromatic heterocycles. The average molecular weight is 456 g/mol. The Balaban J connectivity index is 0.000000237. The van der Waals surface area contributed by atoms with Gasteiger partial charge in [0, 0.05) is 22.4 Å². The third kappa shape index (κ3) is 5.35. The highest BCUT2D eigenvalue weighted by Crippen LogP contribution is 2.31. The van der Waals surface area contributed by atoms with Crippen LogP contribution in [-0.2, 0) is 6.18 Å². The third-order valence-electron chi connectivity index (χ3n) is 3.73. The van der Waals surface area contributed by atoms with E-state index in [9.17, 15) is 18.0 Å². The summed E-state index contributed by atoms with van der Waals surface area (Å²) in [6, 6.07) is 9.96. The van der Waals surface area contributed by atoms with E-state index in [2.05, 4.69) is 31.4 Å². The van der Waals surface area contributed by atoms with Gasteiger partial charge >= 0.3 is 6.18 Å². The molecule has 0 unspecified atom stereocenters. The fraction of sp³-hybridized carbons (Fsp3) is 0.158. The van der Waals surface area contributed by atoms with Crippen LogP contribution in [-0.4, -0.2) is 29.1 Å². The van der Waals surface area contributed by atoms with Gasteiger partial charge in [-0.2, -0.15) is 18.3 Å². The Kier molecular flexibility index (Phi) is 6.85. The zero-order valence-corrected chi connectivity index (χ0v) is 16.5. The Bertz CT molecular complexity index is 1010. The maximum Gasteiger partial charge on any atom is 0.416 e. The average Bonchev–Trinajstić information content (AvgIpc) is 3.07. The lowest BCUT2D eigenvalue weighted by atomic mass is 10.1. The first-order chi connectivity index (χ1) is 13.2. The van der Waals surface area contributed by atoms with Gasteiger partial charge in [-0.3, -0.25) is 4.79 Å². The number of nitrogens with zero attached hydrogens (tertiary/aromatic N) is 1. The van der Waals surface area contributed by atoms with Crippen LogP contribution in [0, 0.1) is 0 Å². The number of phenolic OH excluding ortho intramolecular Hbond substituents is 1. The summed E-state index contributed by atoms with van der Waals surface area (Å²) < 4.78 is 38.5. The van der Waals surface area contributed by atoms with Crippen LogP contribution in [0.1, 0.15) is 28.5 Å². The number of fused-ring (bicyclic) bond motifs is 1. The number of carbonyl (C=O) groups is 1. The molecule has 0 spiro atoms. The molecule has 0 aliphatic heterocycles. The summed E-state index contributed by atoms with van der Waals surface area (Å²) in [5, 5.41) is 13.5. The number of carbonyl (C=O) groups excluding carboxylic acids is 1. The summed E-state index contributed by atoms with van der Waals surface area (Å²) in [7, 11) is 1.66. The minimum absolute atomic E-state index is 0.0122. The van der Waals surface area contributed by atoms with Crippen molar-refractivity contribution in [2.75, 3.05) is 7.05 Å². The molecule has 28 heavy (non-hydrogen) atoms. The predicted octanol–water partition coefficient (Wildman–Crippen LogP) is 5.10. The fourth-order valence-electron chi connectivity index (χ4n) is 2.35. The number of H-pyrrole nitrogens is 1. The monoisotopic (exact) mass is 455 g/mol. The number of hydrazone groups is 1. The van der Waals surface area contributed by atoms with Gasteiger partial charge in [-0.25, -0.2) is 0 Å². The Hall–Kier alpha value is -2.81. The minimum atomic E-state index is -4.32. The van der Waals surface area contributed by atoms with Crippen molar-refractivity contribution in [3.05, 3.63) is 63.8 Å². The number of nitrogens with one attached hydrogen (secondary N) is 2. The van der Waals surface area contributed by atoms with Gasteiger partial charge in [-0.15, -0.1) is 0 Å². The Labute approximate surface area is 167 Å². The molecule has 3 N–H and O–H groups in total. The summed E-state index contributed by atoms with van der Waals surface area (Å²) in [5.74, 6) is 0.0122. The highest BCUT2D eigenvalue weighted by molar-refractivity contribution is 9.10. The van der Waals surface area contributed by atoms with Crippen molar-refractivity contribution in [1.29, 1.82) is 0 Å². The number of hydrogen-bond acceptors (Lipinski definition) is 4. The molecule has 3 aromatic rings. The molecule has 0 fully saturated rings. The fourth-order valence-corrected chi connectivity index (χ4v) is 2.73. The summed E-state index contributed by atoms with van der Waals surface area (Å²) in [6.45, 7) is 1.77. The van der Waals surface area contributed by atoms with Gasteiger partial charge in [-0.05, 0) is 49.4 Å². The first-order valence-corrected chi connectivity index (χ1v) is 8.80. The largest absolute Gasteiger partial charge is 0.507 e. The number of alkyl halides is 3. The van der Waals surface area contributed by atoms with Crippen LogP contribution in [0.2, 0.25) is 0 Å². The molecular formula is C19H17BrF3N3O2. The Morgan fingerprint density at radius 1 is 1.21 bits per heavy atom. The van der Waals surface area contributed by atoms with Gasteiger partial charge < -0.3 is 15.5 Å². The summed E-state index contributed by atoms with van der Waals surface area (Å²) >= 11 is 3.17. The van der Waals surface area contributed by atoms with E-state index in [0.29, 0.717) is 34.2 Å². The molecule has 0 atom stereocenters. The Morgan fingerprint density at radius 2 is 1.93 bits per heavy atom. The highest BCUT2D eigenvalue weighted by Gasteiger charge is 2.30. The molecule has 0 saturated heterocycles. The molecule has 0 amide bonds. The van der Waals surface area contributed by atoms with Crippen molar-refractivity contribution in [1.82, 2.24) is 10.4 Å². The van der Waals surface area contributed by atoms with Gasteiger partial charge in [0.15, 0.2) is 6.29 Å². The molecule has 2 aromatic carbocycles. The number of phenols is 1. The van der Waals surface area contributed by atoms with Crippen LogP contribution in [0.5, 0.6) is 5.75 Å². The Morgan fingerprint density at radius 3 is 2.50 bits per heavy atom. The first-order valence-electron chi connectivity index (χ1n) is 8.00. The van der Waals surface area contributed by atoms with Crippen molar-refractivity contribution >= 4 is 38.8 Å². The van der Waals surface area contributed by atoms with Gasteiger partial charge in [0.1, 0.15) is 5.75 Å². The van der Waals surface area contributed by atoms with E-state index in [1.54, 1.807) is 32.2 Å². The van der Waals surface area contributed by atoms with Crippen molar-refractivity contribution < 1.29 is 23.1 Å². The molecule has 1 heterocycles. The standard InChI is InChI=1S/C12H12F3N3.C7H5BrO2/c1-7(18-16-2)11-6-8-5-9(12(13,14)15)3-4-10(8)17-11;8-6-1-2-7(10)5(3-6)4-9/h3-6,16-17H,1-2H3;1-4,10H/b18-7+;. The van der Waals surface area contributed by atoms with Crippen LogP contribution in [0.4, 0.5) is 13.2 Å². The number of aromatic amines is 1. The number of aromatic nitrogens is 1. The van der Waals surface area contributed by atoms with Gasteiger partial charge in [0.05, 0.1) is 22.5 Å². The second-order valence-electron chi connectivity index (χ2n) is 5.72. The SMILES string of the molecule is CN/N=C(\C)c1cc2cc(C(F)(F)F)ccc2[nH]1.O=Cc1cc(Br)ccc1O. The molecule has 0 aliphatic rings. The van der Waals surface area contributed by atoms with E-state index < -0.39 is 11.7 Å². The molecule has 0 saturated carbocycles. The van der Waals surface area contributed by atoms with Crippen LogP contribution >= 0.6 is 15.9 Å². The van der Waals surface area contributed by atoms with Crippen LogP contribution < -0.4 is 5.43 Å². The van der Waals surface area contributed by atoms with E-state index in [4.69, 9.17) is 5.11 Å². The molecule has 148 valence electrons. The number of halogens is 4. The van der Waals surface area contributed by atoms with E-state index in [1.165, 1.54) is 12.1 Å². The summed E-state index contributed by atoms with van der Waals surface area (Å²) in [6.07, 6.45) is -3.71. The maximum atomic E-state index is 12.6. The predicted molar refractivity (Wildman–Crippen MR) is 106 cm³/mol. The normalized spacial score (nSPS) is 11.7. The van der Waals surface area contributed by atoms with Crippen molar-refractivity contribution in [2.24, 2.45) is 5.10 Å².